The highest BCUT2D eigenvalue weighted by Gasteiger charge is 2.09. The van der Waals surface area contributed by atoms with Gasteiger partial charge in [-0.25, -0.2) is 9.97 Å². The summed E-state index contributed by atoms with van der Waals surface area (Å²) in [5.41, 5.74) is 0.439. The van der Waals surface area contributed by atoms with Crippen LogP contribution in [0.1, 0.15) is 0 Å². The molecular weight excluding hydrogens is 340 g/mol. The van der Waals surface area contributed by atoms with Crippen molar-refractivity contribution in [2.75, 3.05) is 11.9 Å². The Morgan fingerprint density at radius 1 is 1.21 bits per heavy atom. The zero-order chi connectivity index (χ0) is 16.9. The minimum atomic E-state index is -2.89. The number of benzene rings is 1. The van der Waals surface area contributed by atoms with Gasteiger partial charge in [0.15, 0.2) is 6.61 Å². The minimum Gasteiger partial charge on any atom is -0.467 e. The van der Waals surface area contributed by atoms with E-state index < -0.39 is 12.5 Å². The molecule has 3 aromatic rings. The van der Waals surface area contributed by atoms with Crippen molar-refractivity contribution in [2.45, 2.75) is 6.61 Å². The molecule has 3 rings (SSSR count). The van der Waals surface area contributed by atoms with Gasteiger partial charge in [0.1, 0.15) is 16.9 Å². The Labute approximate surface area is 139 Å². The molecule has 1 aromatic carbocycles. The lowest BCUT2D eigenvalue weighted by Crippen LogP contribution is -2.20. The van der Waals surface area contributed by atoms with Crippen molar-refractivity contribution in [3.63, 3.8) is 0 Å². The quantitative estimate of drug-likeness (QED) is 0.738. The van der Waals surface area contributed by atoms with E-state index in [2.05, 4.69) is 20.0 Å². The Morgan fingerprint density at radius 2 is 2.00 bits per heavy atom. The number of ether oxygens (including phenoxy) is 2. The van der Waals surface area contributed by atoms with Crippen molar-refractivity contribution in [3.05, 3.63) is 42.0 Å². The number of amides is 1. The lowest BCUT2D eigenvalue weighted by molar-refractivity contribution is -0.118. The lowest BCUT2D eigenvalue weighted by atomic mass is 10.3. The second-order valence-corrected chi connectivity index (χ2v) is 5.45. The van der Waals surface area contributed by atoms with Crippen LogP contribution in [-0.2, 0) is 4.79 Å². The molecule has 0 saturated carbocycles. The molecule has 124 valence electrons. The molecule has 0 saturated heterocycles. The van der Waals surface area contributed by atoms with Gasteiger partial charge in [0.2, 0.25) is 5.88 Å². The molecule has 2 heterocycles. The topological polar surface area (TPSA) is 73.3 Å². The normalized spacial score (nSPS) is 10.8. The Kier molecular flexibility index (Phi) is 4.80. The van der Waals surface area contributed by atoms with Crippen molar-refractivity contribution >= 4 is 33.1 Å². The average molecular weight is 351 g/mol. The number of rotatable bonds is 6. The third-order valence-electron chi connectivity index (χ3n) is 2.93. The summed E-state index contributed by atoms with van der Waals surface area (Å²) in [5, 5.41) is 5.18. The number of carbonyl (C=O) groups is 1. The number of hydrogen-bond acceptors (Lipinski definition) is 6. The molecule has 0 aliphatic carbocycles. The molecule has 2 aromatic heterocycles. The second-order valence-electron chi connectivity index (χ2n) is 4.56. The molecule has 0 fully saturated rings. The van der Waals surface area contributed by atoms with Crippen LogP contribution >= 0.6 is 11.3 Å². The number of thiophene rings is 1. The molecule has 0 bridgehead atoms. The zero-order valence-electron chi connectivity index (χ0n) is 12.1. The van der Waals surface area contributed by atoms with E-state index in [9.17, 15) is 13.6 Å². The second kappa shape index (κ2) is 7.18. The first-order valence-electron chi connectivity index (χ1n) is 6.77. The number of alkyl halides is 2. The fourth-order valence-corrected chi connectivity index (χ4v) is 2.66. The Balaban J connectivity index is 1.57. The molecule has 9 heteroatoms. The van der Waals surface area contributed by atoms with Gasteiger partial charge in [0.05, 0.1) is 5.39 Å². The number of hydrogen-bond donors (Lipinski definition) is 1. The zero-order valence-corrected chi connectivity index (χ0v) is 12.9. The van der Waals surface area contributed by atoms with E-state index in [0.29, 0.717) is 11.6 Å². The van der Waals surface area contributed by atoms with Gasteiger partial charge in [-0.3, -0.25) is 4.79 Å². The predicted molar refractivity (Wildman–Crippen MR) is 84.6 cm³/mol. The van der Waals surface area contributed by atoms with Gasteiger partial charge in [0.25, 0.3) is 5.91 Å². The molecule has 0 radical (unpaired) electrons. The van der Waals surface area contributed by atoms with E-state index in [1.54, 1.807) is 0 Å². The van der Waals surface area contributed by atoms with Crippen LogP contribution in [-0.4, -0.2) is 29.1 Å². The number of nitrogens with zero attached hydrogens (tertiary/aromatic N) is 2. The maximum absolute atomic E-state index is 12.1. The van der Waals surface area contributed by atoms with Crippen molar-refractivity contribution in [3.8, 4) is 11.6 Å². The molecule has 1 N–H and O–H groups in total. The van der Waals surface area contributed by atoms with Gasteiger partial charge in [-0.2, -0.15) is 8.78 Å². The van der Waals surface area contributed by atoms with E-state index in [1.807, 2.05) is 11.4 Å². The van der Waals surface area contributed by atoms with E-state index in [1.165, 1.54) is 41.9 Å². The monoisotopic (exact) mass is 351 g/mol. The summed E-state index contributed by atoms with van der Waals surface area (Å²) in [6, 6.07) is 7.40. The number of fused-ring (bicyclic) bond motifs is 1. The van der Waals surface area contributed by atoms with Gasteiger partial charge in [-0.15, -0.1) is 11.3 Å². The summed E-state index contributed by atoms with van der Waals surface area (Å²) in [5.74, 6) is -0.0586. The number of anilines is 1. The minimum absolute atomic E-state index is 0.0140. The standard InChI is InChI=1S/C15H11F2N3O3S/c16-15(17)23-10-3-1-9(2-4-10)20-12(21)7-22-13-11-5-6-24-14(11)19-8-18-13/h1-6,8,15H,7H2,(H,20,21). The third-order valence-corrected chi connectivity index (χ3v) is 3.75. The summed E-state index contributed by atoms with van der Waals surface area (Å²) in [6.07, 6.45) is 1.37. The van der Waals surface area contributed by atoms with Crippen LogP contribution in [0.3, 0.4) is 0 Å². The molecule has 0 aliphatic rings. The number of aromatic nitrogens is 2. The van der Waals surface area contributed by atoms with Crippen LogP contribution in [0.5, 0.6) is 11.6 Å². The highest BCUT2D eigenvalue weighted by molar-refractivity contribution is 7.16. The Bertz CT molecular complexity index is 839. The van der Waals surface area contributed by atoms with Gasteiger partial charge < -0.3 is 14.8 Å². The van der Waals surface area contributed by atoms with Gasteiger partial charge in [0, 0.05) is 5.69 Å². The Morgan fingerprint density at radius 3 is 2.75 bits per heavy atom. The largest absolute Gasteiger partial charge is 0.467 e. The summed E-state index contributed by atoms with van der Waals surface area (Å²) in [7, 11) is 0. The first-order chi connectivity index (χ1) is 11.6. The van der Waals surface area contributed by atoms with E-state index >= 15 is 0 Å². The first-order valence-corrected chi connectivity index (χ1v) is 7.65. The van der Waals surface area contributed by atoms with Gasteiger partial charge >= 0.3 is 6.61 Å². The average Bonchev–Trinajstić information content (AvgIpc) is 3.03. The molecule has 0 spiro atoms. The van der Waals surface area contributed by atoms with Crippen molar-refractivity contribution in [1.82, 2.24) is 9.97 Å². The van der Waals surface area contributed by atoms with Crippen molar-refractivity contribution < 1.29 is 23.0 Å². The highest BCUT2D eigenvalue weighted by Crippen LogP contribution is 2.25. The molecule has 24 heavy (non-hydrogen) atoms. The molecule has 6 nitrogen and oxygen atoms in total. The predicted octanol–water partition coefficient (Wildman–Crippen LogP) is 3.31. The Hall–Kier alpha value is -2.81. The molecule has 0 atom stereocenters. The summed E-state index contributed by atoms with van der Waals surface area (Å²) in [4.78, 5) is 20.8. The number of carbonyl (C=O) groups excluding carboxylic acids is 1. The van der Waals surface area contributed by atoms with E-state index in [-0.39, 0.29) is 12.4 Å². The molecule has 0 aliphatic heterocycles. The summed E-state index contributed by atoms with van der Waals surface area (Å²) >= 11 is 1.45. The van der Waals surface area contributed by atoms with Gasteiger partial charge in [-0.1, -0.05) is 0 Å². The summed E-state index contributed by atoms with van der Waals surface area (Å²) < 4.78 is 33.8. The van der Waals surface area contributed by atoms with Crippen LogP contribution in [0, 0.1) is 0 Å². The van der Waals surface area contributed by atoms with Crippen LogP contribution < -0.4 is 14.8 Å². The lowest BCUT2D eigenvalue weighted by Gasteiger charge is -2.08. The smallest absolute Gasteiger partial charge is 0.387 e. The molecule has 1 amide bonds. The number of halogens is 2. The fraction of sp³-hybridized carbons (Fsp3) is 0.133. The van der Waals surface area contributed by atoms with E-state index in [0.717, 1.165) is 10.2 Å². The van der Waals surface area contributed by atoms with E-state index in [4.69, 9.17) is 4.74 Å². The maximum Gasteiger partial charge on any atom is 0.387 e. The van der Waals surface area contributed by atoms with Gasteiger partial charge in [-0.05, 0) is 35.7 Å². The van der Waals surface area contributed by atoms with Crippen LogP contribution in [0.25, 0.3) is 10.2 Å². The first kappa shape index (κ1) is 16.1. The SMILES string of the molecule is O=C(COc1ncnc2sccc12)Nc1ccc(OC(F)F)cc1. The fourth-order valence-electron chi connectivity index (χ4n) is 1.93. The molecular formula is C15H11F2N3O3S. The highest BCUT2D eigenvalue weighted by atomic mass is 32.1. The van der Waals surface area contributed by atoms with Crippen molar-refractivity contribution in [2.24, 2.45) is 0 Å². The third kappa shape index (κ3) is 3.93. The van der Waals surface area contributed by atoms with Crippen LogP contribution in [0.2, 0.25) is 0 Å². The molecule has 0 unspecified atom stereocenters. The van der Waals surface area contributed by atoms with Crippen molar-refractivity contribution in [1.29, 1.82) is 0 Å². The maximum atomic E-state index is 12.1. The summed E-state index contributed by atoms with van der Waals surface area (Å²) in [6.45, 7) is -3.13. The number of nitrogens with one attached hydrogen (secondary N) is 1. The van der Waals surface area contributed by atoms with Crippen LogP contribution in [0.15, 0.2) is 42.0 Å². The van der Waals surface area contributed by atoms with Crippen LogP contribution in [0.4, 0.5) is 14.5 Å².